The Morgan fingerprint density at radius 1 is 1.31 bits per heavy atom. The number of carbonyl (C=O) groups excluding carboxylic acids is 1. The van der Waals surface area contributed by atoms with Gasteiger partial charge in [-0.25, -0.2) is 4.98 Å². The molecule has 0 fully saturated rings. The first-order valence-corrected chi connectivity index (χ1v) is 10.6. The van der Waals surface area contributed by atoms with Crippen molar-refractivity contribution >= 4 is 40.4 Å². The zero-order valence-electron chi connectivity index (χ0n) is 14.3. The van der Waals surface area contributed by atoms with Gasteiger partial charge in [-0.2, -0.15) is 5.26 Å². The van der Waals surface area contributed by atoms with Crippen molar-refractivity contribution in [1.29, 1.82) is 5.26 Å². The molecule has 0 aliphatic rings. The van der Waals surface area contributed by atoms with E-state index in [0.29, 0.717) is 17.2 Å². The fourth-order valence-electron chi connectivity index (χ4n) is 2.37. The molecule has 0 amide bonds. The minimum absolute atomic E-state index is 0.303. The molecule has 3 rings (SSSR count). The molecule has 132 valence electrons. The number of rotatable bonds is 6. The minimum Gasteiger partial charge on any atom is -0.465 e. The molecule has 3 aromatic rings. The van der Waals surface area contributed by atoms with Gasteiger partial charge in [0.2, 0.25) is 0 Å². The average molecular weight is 401 g/mol. The van der Waals surface area contributed by atoms with Crippen LogP contribution < -0.4 is 0 Å². The van der Waals surface area contributed by atoms with Crippen molar-refractivity contribution in [1.82, 2.24) is 4.98 Å². The topological polar surface area (TPSA) is 63.0 Å². The number of hydrogen-bond acceptors (Lipinski definition) is 7. The van der Waals surface area contributed by atoms with Gasteiger partial charge in [-0.15, -0.1) is 22.7 Å². The zero-order chi connectivity index (χ0) is 18.5. The van der Waals surface area contributed by atoms with E-state index in [9.17, 15) is 10.1 Å². The summed E-state index contributed by atoms with van der Waals surface area (Å²) >= 11 is 4.44. The summed E-state index contributed by atoms with van der Waals surface area (Å²) in [6, 6.07) is 12.1. The van der Waals surface area contributed by atoms with E-state index in [4.69, 9.17) is 4.74 Å². The van der Waals surface area contributed by atoms with Crippen molar-refractivity contribution in [2.24, 2.45) is 0 Å². The van der Waals surface area contributed by atoms with Crippen LogP contribution in [0.2, 0.25) is 0 Å². The molecule has 0 radical (unpaired) electrons. The second kappa shape index (κ2) is 8.49. The number of nitriles is 1. The summed E-state index contributed by atoms with van der Waals surface area (Å²) in [6.07, 6.45) is 0. The Hall–Kier alpha value is -2.14. The van der Waals surface area contributed by atoms with Crippen molar-refractivity contribution in [2.75, 3.05) is 6.61 Å². The number of ether oxygens (including phenoxy) is 1. The first kappa shape index (κ1) is 18.6. The molecule has 1 atom stereocenters. The fraction of sp³-hybridized carbons (Fsp3) is 0.211. The number of thioether (sulfide) groups is 1. The highest BCUT2D eigenvalue weighted by molar-refractivity contribution is 8.00. The molecular weight excluding hydrogens is 384 g/mol. The van der Waals surface area contributed by atoms with Crippen molar-refractivity contribution in [3.05, 3.63) is 46.7 Å². The largest absolute Gasteiger partial charge is 0.465 e. The van der Waals surface area contributed by atoms with Crippen LogP contribution in [0, 0.1) is 11.3 Å². The van der Waals surface area contributed by atoms with Crippen LogP contribution in [0.4, 0.5) is 0 Å². The van der Waals surface area contributed by atoms with Gasteiger partial charge >= 0.3 is 5.97 Å². The lowest BCUT2D eigenvalue weighted by Gasteiger charge is -2.14. The second-order valence-electron chi connectivity index (χ2n) is 5.31. The third-order valence-corrected chi connectivity index (χ3v) is 6.43. The van der Waals surface area contributed by atoms with Gasteiger partial charge in [0, 0.05) is 10.4 Å². The number of esters is 1. The molecule has 7 heteroatoms. The highest BCUT2D eigenvalue weighted by Gasteiger charge is 2.22. The second-order valence-corrected chi connectivity index (χ2v) is 8.54. The minimum atomic E-state index is -0.440. The molecule has 4 nitrogen and oxygen atoms in total. The van der Waals surface area contributed by atoms with Crippen molar-refractivity contribution in [3.8, 4) is 27.1 Å². The lowest BCUT2D eigenvalue weighted by Crippen LogP contribution is -2.17. The average Bonchev–Trinajstić information content (AvgIpc) is 3.35. The monoisotopic (exact) mass is 400 g/mol. The third-order valence-electron chi connectivity index (χ3n) is 3.57. The summed E-state index contributed by atoms with van der Waals surface area (Å²) in [4.78, 5) is 18.7. The maximum Gasteiger partial charge on any atom is 0.319 e. The molecule has 26 heavy (non-hydrogen) atoms. The maximum atomic E-state index is 12.0. The molecular formula is C19H16N2O2S3. The van der Waals surface area contributed by atoms with Crippen LogP contribution in [-0.4, -0.2) is 22.8 Å². The number of pyridine rings is 1. The van der Waals surface area contributed by atoms with E-state index >= 15 is 0 Å². The Kier molecular flexibility index (Phi) is 6.09. The molecule has 0 saturated carbocycles. The summed E-state index contributed by atoms with van der Waals surface area (Å²) in [7, 11) is 0. The molecule has 3 heterocycles. The van der Waals surface area contributed by atoms with Gasteiger partial charge in [0.25, 0.3) is 0 Å². The van der Waals surface area contributed by atoms with E-state index in [1.54, 1.807) is 36.5 Å². The van der Waals surface area contributed by atoms with E-state index in [1.165, 1.54) is 11.8 Å². The van der Waals surface area contributed by atoms with Crippen LogP contribution in [0.3, 0.4) is 0 Å². The number of aromatic nitrogens is 1. The molecule has 0 aromatic carbocycles. The van der Waals surface area contributed by atoms with Crippen molar-refractivity contribution in [2.45, 2.75) is 24.1 Å². The lowest BCUT2D eigenvalue weighted by atomic mass is 10.1. The number of hydrogen-bond donors (Lipinski definition) is 0. The van der Waals surface area contributed by atoms with E-state index < -0.39 is 5.25 Å². The third kappa shape index (κ3) is 3.98. The Morgan fingerprint density at radius 2 is 2.00 bits per heavy atom. The van der Waals surface area contributed by atoms with Gasteiger partial charge in [0.15, 0.2) is 0 Å². The smallest absolute Gasteiger partial charge is 0.319 e. The first-order chi connectivity index (χ1) is 12.6. The van der Waals surface area contributed by atoms with E-state index in [0.717, 1.165) is 21.0 Å². The molecule has 0 aliphatic carbocycles. The number of carbonyl (C=O) groups is 1. The van der Waals surface area contributed by atoms with E-state index in [2.05, 4.69) is 11.1 Å². The van der Waals surface area contributed by atoms with Crippen LogP contribution in [0.25, 0.3) is 21.0 Å². The van der Waals surface area contributed by atoms with Crippen LogP contribution in [0.15, 0.2) is 46.1 Å². The lowest BCUT2D eigenvalue weighted by molar-refractivity contribution is -0.142. The van der Waals surface area contributed by atoms with Gasteiger partial charge in [0.1, 0.15) is 16.3 Å². The SMILES string of the molecule is CCOC(=O)[C@@H](C)Sc1nc(-c2cccs2)cc(-c2cccs2)c1C#N. The molecule has 0 saturated heterocycles. The molecule has 0 N–H and O–H groups in total. The van der Waals surface area contributed by atoms with E-state index in [-0.39, 0.29) is 5.97 Å². The molecule has 0 aliphatic heterocycles. The van der Waals surface area contributed by atoms with Gasteiger partial charge in [-0.3, -0.25) is 4.79 Å². The van der Waals surface area contributed by atoms with E-state index in [1.807, 2.05) is 41.1 Å². The van der Waals surface area contributed by atoms with Gasteiger partial charge in [-0.05, 0) is 42.8 Å². The van der Waals surface area contributed by atoms with Gasteiger partial charge < -0.3 is 4.74 Å². The van der Waals surface area contributed by atoms with Gasteiger partial charge in [-0.1, -0.05) is 23.9 Å². The Bertz CT molecular complexity index is 929. The van der Waals surface area contributed by atoms with Crippen molar-refractivity contribution in [3.63, 3.8) is 0 Å². The Balaban J connectivity index is 2.10. The van der Waals surface area contributed by atoms with Gasteiger partial charge in [0.05, 0.1) is 22.7 Å². The predicted octanol–water partition coefficient (Wildman–Crippen LogP) is 5.45. The number of nitrogens with zero attached hydrogens (tertiary/aromatic N) is 2. The van der Waals surface area contributed by atoms with Crippen LogP contribution in [0.5, 0.6) is 0 Å². The molecule has 3 aromatic heterocycles. The summed E-state index contributed by atoms with van der Waals surface area (Å²) < 4.78 is 5.09. The molecule has 0 unspecified atom stereocenters. The summed E-state index contributed by atoms with van der Waals surface area (Å²) in [5, 5.41) is 13.9. The predicted molar refractivity (Wildman–Crippen MR) is 108 cm³/mol. The highest BCUT2D eigenvalue weighted by Crippen LogP contribution is 2.38. The Morgan fingerprint density at radius 3 is 2.58 bits per heavy atom. The van der Waals surface area contributed by atoms with Crippen LogP contribution in [0.1, 0.15) is 19.4 Å². The molecule has 0 bridgehead atoms. The highest BCUT2D eigenvalue weighted by atomic mass is 32.2. The standard InChI is InChI=1S/C19H16N2O2S3/c1-3-23-19(22)12(2)26-18-14(11-20)13(16-6-4-8-24-16)10-15(21-18)17-7-5-9-25-17/h4-10,12H,3H2,1-2H3/t12-/m1/s1. The summed E-state index contributed by atoms with van der Waals surface area (Å²) in [6.45, 7) is 3.88. The fourth-order valence-corrected chi connectivity index (χ4v) is 4.73. The molecule has 0 spiro atoms. The van der Waals surface area contributed by atoms with Crippen LogP contribution in [-0.2, 0) is 9.53 Å². The first-order valence-electron chi connectivity index (χ1n) is 8.00. The zero-order valence-corrected chi connectivity index (χ0v) is 16.7. The van der Waals surface area contributed by atoms with Crippen molar-refractivity contribution < 1.29 is 9.53 Å². The quantitative estimate of drug-likeness (QED) is 0.406. The summed E-state index contributed by atoms with van der Waals surface area (Å²) in [5.74, 6) is -0.303. The maximum absolute atomic E-state index is 12.0. The summed E-state index contributed by atoms with van der Waals surface area (Å²) in [5.41, 5.74) is 2.15. The number of thiophene rings is 2. The normalized spacial score (nSPS) is 11.7. The van der Waals surface area contributed by atoms with Crippen LogP contribution >= 0.6 is 34.4 Å². The Labute approximate surface area is 164 Å².